The van der Waals surface area contributed by atoms with Crippen molar-refractivity contribution in [3.05, 3.63) is 72.9 Å². The first-order chi connectivity index (χ1) is 26.6. The van der Waals surface area contributed by atoms with Crippen molar-refractivity contribution in [3.8, 4) is 0 Å². The number of unbranched alkanes of at least 4 members (excludes halogenated alkanes) is 17. The average Bonchev–Trinajstić information content (AvgIpc) is 3.17. The van der Waals surface area contributed by atoms with E-state index in [0.29, 0.717) is 19.4 Å². The molecule has 0 rings (SSSR count). The van der Waals surface area contributed by atoms with Crippen LogP contribution in [0.25, 0.3) is 0 Å². The van der Waals surface area contributed by atoms with Gasteiger partial charge in [-0.15, -0.1) is 0 Å². The first-order valence-electron chi connectivity index (χ1n) is 22.5. The molecule has 0 aromatic rings. The Morgan fingerprint density at radius 1 is 0.426 bits per heavy atom. The van der Waals surface area contributed by atoms with Crippen LogP contribution in [-0.4, -0.2) is 37.9 Å². The predicted octanol–water partition coefficient (Wildman–Crippen LogP) is 14.8. The largest absolute Gasteiger partial charge is 0.462 e. The Labute approximate surface area is 334 Å². The lowest BCUT2D eigenvalue weighted by molar-refractivity contribution is -0.163. The summed E-state index contributed by atoms with van der Waals surface area (Å²) in [5.41, 5.74) is 0. The summed E-state index contributed by atoms with van der Waals surface area (Å²) in [5.74, 6) is -0.436. The maximum atomic E-state index is 12.5. The average molecular weight is 753 g/mol. The zero-order valence-electron chi connectivity index (χ0n) is 35.5. The minimum atomic E-state index is -0.544. The van der Waals surface area contributed by atoms with Gasteiger partial charge in [-0.1, -0.05) is 177 Å². The van der Waals surface area contributed by atoms with Gasteiger partial charge in [0.1, 0.15) is 6.61 Å². The van der Waals surface area contributed by atoms with E-state index in [1.807, 2.05) is 0 Å². The number of rotatable bonds is 40. The smallest absolute Gasteiger partial charge is 0.306 e. The number of allylic oxidation sites excluding steroid dienone is 12. The number of hydrogen-bond acceptors (Lipinski definition) is 5. The Morgan fingerprint density at radius 3 is 1.33 bits per heavy atom. The van der Waals surface area contributed by atoms with E-state index < -0.39 is 6.10 Å². The van der Waals surface area contributed by atoms with Crippen molar-refractivity contribution in [3.63, 3.8) is 0 Å². The first kappa shape index (κ1) is 51.3. The minimum Gasteiger partial charge on any atom is -0.462 e. The van der Waals surface area contributed by atoms with Crippen LogP contribution in [0.3, 0.4) is 0 Å². The van der Waals surface area contributed by atoms with Gasteiger partial charge in [0, 0.05) is 19.4 Å². The van der Waals surface area contributed by atoms with Gasteiger partial charge in [0.15, 0.2) is 6.10 Å². The SMILES string of the molecule is CC/C=C\C/C=C\C/C=C\CCCCCCCCCCOCC(COC(=O)CCCCCCC/C=C\C/C=C\C/C=C\CC)OC(=O)CCCCCCC. The van der Waals surface area contributed by atoms with Crippen molar-refractivity contribution < 1.29 is 23.8 Å². The summed E-state index contributed by atoms with van der Waals surface area (Å²) >= 11 is 0. The Balaban J connectivity index is 4.10. The summed E-state index contributed by atoms with van der Waals surface area (Å²) in [7, 11) is 0. The monoisotopic (exact) mass is 753 g/mol. The second kappa shape index (κ2) is 44.7. The maximum Gasteiger partial charge on any atom is 0.306 e. The Morgan fingerprint density at radius 2 is 0.833 bits per heavy atom. The standard InChI is InChI=1S/C49H84O5/c1-4-7-10-13-15-17-19-21-23-24-25-27-29-31-33-35-38-41-44-52-45-47(54-49(51)43-40-36-12-9-6-3)46-53-48(50)42-39-37-34-32-30-28-26-22-20-18-16-14-11-8-5-2/h7-8,10-11,15-18,21-23,26,47H,4-6,9,12-14,19-20,24-25,27-46H2,1-3H3/b10-7-,11-8-,17-15-,18-16-,23-21-,26-22-. The minimum absolute atomic E-state index is 0.0706. The fourth-order valence-corrected chi connectivity index (χ4v) is 5.95. The van der Waals surface area contributed by atoms with Crippen LogP contribution in [-0.2, 0) is 23.8 Å². The summed E-state index contributed by atoms with van der Waals surface area (Å²) in [4.78, 5) is 25.0. The predicted molar refractivity (Wildman–Crippen MR) is 233 cm³/mol. The third kappa shape index (κ3) is 42.1. The van der Waals surface area contributed by atoms with Gasteiger partial charge in [0.25, 0.3) is 0 Å². The lowest BCUT2D eigenvalue weighted by Crippen LogP contribution is -2.30. The van der Waals surface area contributed by atoms with E-state index in [-0.39, 0.29) is 25.2 Å². The van der Waals surface area contributed by atoms with E-state index >= 15 is 0 Å². The molecule has 0 aromatic carbocycles. The van der Waals surface area contributed by atoms with Gasteiger partial charge in [-0.3, -0.25) is 9.59 Å². The van der Waals surface area contributed by atoms with Crippen LogP contribution in [0.4, 0.5) is 0 Å². The molecular weight excluding hydrogens is 669 g/mol. The second-order valence-electron chi connectivity index (χ2n) is 14.5. The summed E-state index contributed by atoms with van der Waals surface area (Å²) in [6, 6.07) is 0. The maximum absolute atomic E-state index is 12.5. The molecule has 0 aromatic heterocycles. The highest BCUT2D eigenvalue weighted by Gasteiger charge is 2.17. The van der Waals surface area contributed by atoms with Crippen molar-refractivity contribution in [2.75, 3.05) is 19.8 Å². The fourth-order valence-electron chi connectivity index (χ4n) is 5.95. The van der Waals surface area contributed by atoms with E-state index in [0.717, 1.165) is 96.3 Å². The Hall–Kier alpha value is -2.66. The Bertz CT molecular complexity index is 988. The van der Waals surface area contributed by atoms with Crippen molar-refractivity contribution in [2.24, 2.45) is 0 Å². The summed E-state index contributed by atoms with van der Waals surface area (Å²) in [6.45, 7) is 7.49. The molecule has 0 aliphatic carbocycles. The molecule has 54 heavy (non-hydrogen) atoms. The summed E-state index contributed by atoms with van der Waals surface area (Å²) in [6.07, 6.45) is 56.4. The summed E-state index contributed by atoms with van der Waals surface area (Å²) in [5, 5.41) is 0. The van der Waals surface area contributed by atoms with Crippen LogP contribution in [0.2, 0.25) is 0 Å². The molecule has 5 nitrogen and oxygen atoms in total. The van der Waals surface area contributed by atoms with Crippen LogP contribution in [0, 0.1) is 0 Å². The number of carbonyl (C=O) groups excluding carboxylic acids is 2. The molecule has 0 spiro atoms. The van der Waals surface area contributed by atoms with Crippen LogP contribution < -0.4 is 0 Å². The molecule has 5 heteroatoms. The molecule has 1 atom stereocenters. The van der Waals surface area contributed by atoms with Crippen LogP contribution in [0.1, 0.15) is 201 Å². The van der Waals surface area contributed by atoms with Crippen molar-refractivity contribution in [1.82, 2.24) is 0 Å². The van der Waals surface area contributed by atoms with Gasteiger partial charge in [-0.05, 0) is 83.5 Å². The third-order valence-electron chi connectivity index (χ3n) is 9.24. The molecule has 0 N–H and O–H groups in total. The molecule has 0 aliphatic rings. The molecule has 0 aliphatic heterocycles. The van der Waals surface area contributed by atoms with E-state index in [9.17, 15) is 9.59 Å². The molecule has 0 saturated heterocycles. The molecule has 0 radical (unpaired) electrons. The van der Waals surface area contributed by atoms with E-state index in [4.69, 9.17) is 14.2 Å². The van der Waals surface area contributed by atoms with Crippen LogP contribution >= 0.6 is 0 Å². The fraction of sp³-hybridized carbons (Fsp3) is 0.714. The van der Waals surface area contributed by atoms with E-state index in [2.05, 4.69) is 93.7 Å². The lowest BCUT2D eigenvalue weighted by Gasteiger charge is -2.18. The normalized spacial score (nSPS) is 12.9. The molecule has 0 saturated carbocycles. The summed E-state index contributed by atoms with van der Waals surface area (Å²) < 4.78 is 17.2. The number of esters is 2. The lowest BCUT2D eigenvalue weighted by atomic mass is 10.1. The third-order valence-corrected chi connectivity index (χ3v) is 9.24. The quantitative estimate of drug-likeness (QED) is 0.0354. The molecule has 1 unspecified atom stereocenters. The highest BCUT2D eigenvalue weighted by atomic mass is 16.6. The first-order valence-corrected chi connectivity index (χ1v) is 22.5. The van der Waals surface area contributed by atoms with Gasteiger partial charge in [0.2, 0.25) is 0 Å². The van der Waals surface area contributed by atoms with Crippen molar-refractivity contribution >= 4 is 11.9 Å². The number of carbonyl (C=O) groups is 2. The topological polar surface area (TPSA) is 61.8 Å². The van der Waals surface area contributed by atoms with Crippen molar-refractivity contribution in [2.45, 2.75) is 207 Å². The van der Waals surface area contributed by atoms with Crippen LogP contribution in [0.15, 0.2) is 72.9 Å². The Kier molecular flexibility index (Phi) is 42.5. The zero-order chi connectivity index (χ0) is 39.3. The molecule has 0 amide bonds. The zero-order valence-corrected chi connectivity index (χ0v) is 35.5. The number of ether oxygens (including phenoxy) is 3. The van der Waals surface area contributed by atoms with E-state index in [1.54, 1.807) is 0 Å². The van der Waals surface area contributed by atoms with Gasteiger partial charge in [-0.2, -0.15) is 0 Å². The van der Waals surface area contributed by atoms with Gasteiger partial charge in [0.05, 0.1) is 6.61 Å². The molecule has 0 fully saturated rings. The highest BCUT2D eigenvalue weighted by molar-refractivity contribution is 5.70. The second-order valence-corrected chi connectivity index (χ2v) is 14.5. The highest BCUT2D eigenvalue weighted by Crippen LogP contribution is 2.12. The van der Waals surface area contributed by atoms with Crippen LogP contribution in [0.5, 0.6) is 0 Å². The van der Waals surface area contributed by atoms with Crippen molar-refractivity contribution in [1.29, 1.82) is 0 Å². The number of hydrogen-bond donors (Lipinski definition) is 0. The molecule has 0 bridgehead atoms. The van der Waals surface area contributed by atoms with Gasteiger partial charge < -0.3 is 14.2 Å². The molecule has 0 heterocycles. The molecular formula is C49H84O5. The molecule has 310 valence electrons. The van der Waals surface area contributed by atoms with Gasteiger partial charge >= 0.3 is 11.9 Å². The van der Waals surface area contributed by atoms with Gasteiger partial charge in [-0.25, -0.2) is 0 Å². The van der Waals surface area contributed by atoms with E-state index in [1.165, 1.54) is 70.6 Å².